The van der Waals surface area contributed by atoms with E-state index in [4.69, 9.17) is 16.3 Å². The highest BCUT2D eigenvalue weighted by Gasteiger charge is 2.10. The van der Waals surface area contributed by atoms with Crippen molar-refractivity contribution in [3.8, 4) is 5.75 Å². The molecule has 0 radical (unpaired) electrons. The third-order valence-electron chi connectivity index (χ3n) is 3.35. The van der Waals surface area contributed by atoms with Crippen LogP contribution in [0, 0.1) is 0 Å². The van der Waals surface area contributed by atoms with Crippen molar-refractivity contribution >= 4 is 11.6 Å². The topological polar surface area (TPSA) is 12.5 Å². The molecule has 3 heteroatoms. The van der Waals surface area contributed by atoms with Crippen LogP contribution in [0.2, 0.25) is 5.02 Å². The molecular formula is C15H20ClNO. The lowest BCUT2D eigenvalue weighted by atomic mass is 10.1. The molecule has 0 bridgehead atoms. The average Bonchev–Trinajstić information content (AvgIpc) is 2.86. The molecule has 0 spiro atoms. The molecule has 2 rings (SSSR count). The molecule has 98 valence electrons. The van der Waals surface area contributed by atoms with Crippen LogP contribution in [0.1, 0.15) is 24.8 Å². The fourth-order valence-electron chi connectivity index (χ4n) is 2.40. The second-order valence-electron chi connectivity index (χ2n) is 4.70. The first-order valence-electron chi connectivity index (χ1n) is 6.58. The minimum atomic E-state index is 0.661. The third-order valence-corrected chi connectivity index (χ3v) is 3.64. The quantitative estimate of drug-likeness (QED) is 0.724. The minimum Gasteiger partial charge on any atom is -0.464 e. The van der Waals surface area contributed by atoms with Gasteiger partial charge in [-0.1, -0.05) is 24.2 Å². The zero-order valence-corrected chi connectivity index (χ0v) is 11.5. The molecule has 0 N–H and O–H groups in total. The lowest BCUT2D eigenvalue weighted by Crippen LogP contribution is -2.20. The summed E-state index contributed by atoms with van der Waals surface area (Å²) in [4.78, 5) is 2.54. The van der Waals surface area contributed by atoms with Gasteiger partial charge in [0.15, 0.2) is 0 Å². The molecule has 1 heterocycles. The van der Waals surface area contributed by atoms with E-state index in [1.807, 2.05) is 12.1 Å². The number of nitrogens with zero attached hydrogens (tertiary/aromatic N) is 1. The fraction of sp³-hybridized carbons (Fsp3) is 0.467. The van der Waals surface area contributed by atoms with E-state index in [-0.39, 0.29) is 0 Å². The molecule has 1 aromatic carbocycles. The standard InChI is InChI=1S/C15H20ClNO/c1-2-18-15-8-7-13(12-14(15)16)6-5-11-17-9-3-4-10-17/h2,7-8,12H,1,3-6,9-11H2. The van der Waals surface area contributed by atoms with Crippen molar-refractivity contribution in [2.75, 3.05) is 19.6 Å². The van der Waals surface area contributed by atoms with E-state index in [0.29, 0.717) is 10.8 Å². The van der Waals surface area contributed by atoms with E-state index in [1.165, 1.54) is 50.7 Å². The van der Waals surface area contributed by atoms with Crippen LogP contribution in [0.15, 0.2) is 31.0 Å². The number of ether oxygens (including phenoxy) is 1. The Morgan fingerprint density at radius 2 is 2.11 bits per heavy atom. The maximum absolute atomic E-state index is 6.13. The number of rotatable bonds is 6. The Kier molecular flexibility index (Phi) is 5.09. The van der Waals surface area contributed by atoms with Gasteiger partial charge >= 0.3 is 0 Å². The summed E-state index contributed by atoms with van der Waals surface area (Å²) in [5.41, 5.74) is 1.27. The third kappa shape index (κ3) is 3.76. The average molecular weight is 266 g/mol. The number of halogens is 1. The molecule has 1 aliphatic heterocycles. The largest absolute Gasteiger partial charge is 0.464 e. The van der Waals surface area contributed by atoms with Gasteiger partial charge < -0.3 is 9.64 Å². The second kappa shape index (κ2) is 6.81. The predicted molar refractivity (Wildman–Crippen MR) is 76.3 cm³/mol. The highest BCUT2D eigenvalue weighted by molar-refractivity contribution is 6.32. The van der Waals surface area contributed by atoms with E-state index >= 15 is 0 Å². The first-order chi connectivity index (χ1) is 8.79. The summed E-state index contributed by atoms with van der Waals surface area (Å²) in [6, 6.07) is 5.98. The molecule has 0 unspecified atom stereocenters. The van der Waals surface area contributed by atoms with Gasteiger partial charge in [0.1, 0.15) is 5.75 Å². The molecule has 2 nitrogen and oxygen atoms in total. The predicted octanol–water partition coefficient (Wildman–Crippen LogP) is 3.89. The second-order valence-corrected chi connectivity index (χ2v) is 5.11. The molecule has 18 heavy (non-hydrogen) atoms. The zero-order chi connectivity index (χ0) is 12.8. The van der Waals surface area contributed by atoms with Gasteiger partial charge in [0, 0.05) is 0 Å². The van der Waals surface area contributed by atoms with Crippen molar-refractivity contribution < 1.29 is 4.74 Å². The van der Waals surface area contributed by atoms with Crippen molar-refractivity contribution in [2.24, 2.45) is 0 Å². The van der Waals surface area contributed by atoms with Gasteiger partial charge in [-0.15, -0.1) is 0 Å². The summed E-state index contributed by atoms with van der Waals surface area (Å²) in [5.74, 6) is 0.676. The van der Waals surface area contributed by atoms with E-state index in [2.05, 4.69) is 17.5 Å². The molecule has 0 aliphatic carbocycles. The number of benzene rings is 1. The van der Waals surface area contributed by atoms with Crippen LogP contribution < -0.4 is 4.74 Å². The van der Waals surface area contributed by atoms with Crippen molar-refractivity contribution in [1.29, 1.82) is 0 Å². The van der Waals surface area contributed by atoms with Crippen LogP contribution in [-0.4, -0.2) is 24.5 Å². The van der Waals surface area contributed by atoms with Gasteiger partial charge in [0.2, 0.25) is 0 Å². The first-order valence-corrected chi connectivity index (χ1v) is 6.96. The van der Waals surface area contributed by atoms with E-state index < -0.39 is 0 Å². The minimum absolute atomic E-state index is 0.661. The monoisotopic (exact) mass is 265 g/mol. The van der Waals surface area contributed by atoms with Crippen LogP contribution >= 0.6 is 11.6 Å². The molecule has 0 atom stereocenters. The van der Waals surface area contributed by atoms with E-state index in [1.54, 1.807) is 0 Å². The summed E-state index contributed by atoms with van der Waals surface area (Å²) in [6.07, 6.45) is 6.38. The number of hydrogen-bond donors (Lipinski definition) is 0. The van der Waals surface area contributed by atoms with Crippen molar-refractivity contribution in [3.05, 3.63) is 41.6 Å². The van der Waals surface area contributed by atoms with Gasteiger partial charge in [-0.2, -0.15) is 0 Å². The molecule has 0 aromatic heterocycles. The summed E-state index contributed by atoms with van der Waals surface area (Å²) in [5, 5.41) is 0.661. The van der Waals surface area contributed by atoms with Gasteiger partial charge in [0.25, 0.3) is 0 Å². The normalized spacial score (nSPS) is 15.8. The Balaban J connectivity index is 1.81. The highest BCUT2D eigenvalue weighted by Crippen LogP contribution is 2.26. The number of likely N-dealkylation sites (tertiary alicyclic amines) is 1. The fourth-order valence-corrected chi connectivity index (χ4v) is 2.65. The zero-order valence-electron chi connectivity index (χ0n) is 10.7. The Labute approximate surface area is 114 Å². The van der Waals surface area contributed by atoms with Crippen LogP contribution in [0.5, 0.6) is 5.75 Å². The molecule has 1 saturated heterocycles. The van der Waals surface area contributed by atoms with E-state index in [0.717, 1.165) is 6.42 Å². The summed E-state index contributed by atoms with van der Waals surface area (Å²) < 4.78 is 5.20. The van der Waals surface area contributed by atoms with Gasteiger partial charge in [-0.3, -0.25) is 0 Å². The van der Waals surface area contributed by atoms with Crippen LogP contribution in [0.25, 0.3) is 0 Å². The molecule has 0 saturated carbocycles. The highest BCUT2D eigenvalue weighted by atomic mass is 35.5. The SMILES string of the molecule is C=COc1ccc(CCCN2CCCC2)cc1Cl. The number of hydrogen-bond acceptors (Lipinski definition) is 2. The summed E-state index contributed by atoms with van der Waals surface area (Å²) in [7, 11) is 0. The molecule has 1 fully saturated rings. The Hall–Kier alpha value is -0.990. The molecule has 1 aromatic rings. The Morgan fingerprint density at radius 1 is 1.33 bits per heavy atom. The van der Waals surface area contributed by atoms with Crippen LogP contribution in [0.4, 0.5) is 0 Å². The van der Waals surface area contributed by atoms with Gasteiger partial charge in [0.05, 0.1) is 11.3 Å². The van der Waals surface area contributed by atoms with E-state index in [9.17, 15) is 0 Å². The van der Waals surface area contributed by atoms with Crippen molar-refractivity contribution in [3.63, 3.8) is 0 Å². The lowest BCUT2D eigenvalue weighted by molar-refractivity contribution is 0.334. The van der Waals surface area contributed by atoms with Gasteiger partial charge in [-0.05, 0) is 63.0 Å². The smallest absolute Gasteiger partial charge is 0.145 e. The van der Waals surface area contributed by atoms with Crippen LogP contribution in [-0.2, 0) is 6.42 Å². The molecular weight excluding hydrogens is 246 g/mol. The maximum atomic E-state index is 6.13. The van der Waals surface area contributed by atoms with Crippen molar-refractivity contribution in [2.45, 2.75) is 25.7 Å². The first kappa shape index (κ1) is 13.4. The Morgan fingerprint density at radius 3 is 2.78 bits per heavy atom. The molecule has 1 aliphatic rings. The molecule has 0 amide bonds. The van der Waals surface area contributed by atoms with Crippen molar-refractivity contribution in [1.82, 2.24) is 4.90 Å². The van der Waals surface area contributed by atoms with Gasteiger partial charge in [-0.25, -0.2) is 0 Å². The number of aryl methyl sites for hydroxylation is 1. The summed E-state index contributed by atoms with van der Waals surface area (Å²) >= 11 is 6.13. The Bertz CT molecular complexity index is 399. The maximum Gasteiger partial charge on any atom is 0.145 e. The summed E-state index contributed by atoms with van der Waals surface area (Å²) in [6.45, 7) is 7.27. The lowest BCUT2D eigenvalue weighted by Gasteiger charge is -2.14. The van der Waals surface area contributed by atoms with Crippen LogP contribution in [0.3, 0.4) is 0 Å².